The first-order valence-electron chi connectivity index (χ1n) is 5.62. The lowest BCUT2D eigenvalue weighted by atomic mass is 10.1. The first-order valence-corrected chi connectivity index (χ1v) is 7.44. The SMILES string of the molecule is CC1=CCN(S(=O)(=O)c2ccc(N)c(Cl)c2)CC1. The van der Waals surface area contributed by atoms with Gasteiger partial charge in [0.1, 0.15) is 0 Å². The Morgan fingerprint density at radius 3 is 2.67 bits per heavy atom. The summed E-state index contributed by atoms with van der Waals surface area (Å²) in [5, 5.41) is 0.264. The number of nitrogens with two attached hydrogens (primary N) is 1. The molecular weight excluding hydrogens is 272 g/mol. The standard InChI is InChI=1S/C12H15ClN2O2S/c1-9-4-6-15(7-5-9)18(16,17)10-2-3-12(14)11(13)8-10/h2-4,8H,5-7,14H2,1H3. The van der Waals surface area contributed by atoms with Gasteiger partial charge in [0.15, 0.2) is 0 Å². The summed E-state index contributed by atoms with van der Waals surface area (Å²) in [6.07, 6.45) is 2.70. The Bertz CT molecular complexity index is 596. The number of hydrogen-bond donors (Lipinski definition) is 1. The van der Waals surface area contributed by atoms with Gasteiger partial charge in [0.05, 0.1) is 15.6 Å². The molecule has 0 atom stereocenters. The molecule has 1 aromatic rings. The molecule has 0 aromatic heterocycles. The van der Waals surface area contributed by atoms with Crippen LogP contribution in [0.1, 0.15) is 13.3 Å². The van der Waals surface area contributed by atoms with Crippen LogP contribution in [0.5, 0.6) is 0 Å². The number of rotatable bonds is 2. The Labute approximate surface area is 112 Å². The first kappa shape index (κ1) is 13.4. The molecule has 0 spiro atoms. The van der Waals surface area contributed by atoms with Gasteiger partial charge in [0, 0.05) is 13.1 Å². The summed E-state index contributed by atoms with van der Waals surface area (Å²) in [7, 11) is -3.48. The van der Waals surface area contributed by atoms with Gasteiger partial charge >= 0.3 is 0 Å². The second-order valence-electron chi connectivity index (χ2n) is 4.35. The molecule has 0 amide bonds. The molecule has 2 rings (SSSR count). The van der Waals surface area contributed by atoms with Crippen LogP contribution < -0.4 is 5.73 Å². The minimum atomic E-state index is -3.48. The van der Waals surface area contributed by atoms with Crippen LogP contribution in [0.4, 0.5) is 5.69 Å². The van der Waals surface area contributed by atoms with Gasteiger partial charge < -0.3 is 5.73 Å². The van der Waals surface area contributed by atoms with E-state index in [1.807, 2.05) is 13.0 Å². The number of halogens is 1. The summed E-state index contributed by atoms with van der Waals surface area (Å²) in [5.74, 6) is 0. The summed E-state index contributed by atoms with van der Waals surface area (Å²) in [5.41, 5.74) is 7.18. The zero-order valence-electron chi connectivity index (χ0n) is 10.1. The van der Waals surface area contributed by atoms with Gasteiger partial charge in [-0.25, -0.2) is 8.42 Å². The second kappa shape index (κ2) is 4.91. The molecule has 0 radical (unpaired) electrons. The van der Waals surface area contributed by atoms with Crippen LogP contribution in [0.3, 0.4) is 0 Å². The molecule has 98 valence electrons. The number of sulfonamides is 1. The van der Waals surface area contributed by atoms with Crippen molar-refractivity contribution in [3.63, 3.8) is 0 Å². The van der Waals surface area contributed by atoms with Crippen LogP contribution in [-0.4, -0.2) is 25.8 Å². The summed E-state index contributed by atoms with van der Waals surface area (Å²) in [6.45, 7) is 2.92. The maximum absolute atomic E-state index is 12.4. The Kier molecular flexibility index (Phi) is 3.66. The molecule has 6 heteroatoms. The lowest BCUT2D eigenvalue weighted by Gasteiger charge is -2.24. The molecule has 1 aliphatic rings. The molecule has 0 saturated carbocycles. The molecule has 1 aromatic carbocycles. The molecule has 1 aliphatic heterocycles. The van der Waals surface area contributed by atoms with E-state index in [1.165, 1.54) is 28.1 Å². The number of nitrogens with zero attached hydrogens (tertiary/aromatic N) is 1. The summed E-state index contributed by atoms with van der Waals surface area (Å²) in [6, 6.07) is 4.40. The molecule has 0 bridgehead atoms. The van der Waals surface area contributed by atoms with Crippen LogP contribution in [-0.2, 0) is 10.0 Å². The molecule has 2 N–H and O–H groups in total. The average molecular weight is 287 g/mol. The molecular formula is C12H15ClN2O2S. The van der Waals surface area contributed by atoms with Gasteiger partial charge in [-0.15, -0.1) is 0 Å². The molecule has 0 saturated heterocycles. The molecule has 4 nitrogen and oxygen atoms in total. The number of nitrogen functional groups attached to an aromatic ring is 1. The summed E-state index contributed by atoms with van der Waals surface area (Å²) in [4.78, 5) is 0.189. The van der Waals surface area contributed by atoms with Gasteiger partial charge in [-0.1, -0.05) is 23.3 Å². The van der Waals surface area contributed by atoms with E-state index in [0.29, 0.717) is 18.8 Å². The maximum atomic E-state index is 12.4. The van der Waals surface area contributed by atoms with Crippen molar-refractivity contribution in [3.05, 3.63) is 34.9 Å². The Morgan fingerprint density at radius 2 is 2.11 bits per heavy atom. The van der Waals surface area contributed by atoms with Gasteiger partial charge in [-0.2, -0.15) is 4.31 Å². The quantitative estimate of drug-likeness (QED) is 0.670. The summed E-state index contributed by atoms with van der Waals surface area (Å²) < 4.78 is 26.2. The predicted molar refractivity (Wildman–Crippen MR) is 73.0 cm³/mol. The monoisotopic (exact) mass is 286 g/mol. The van der Waals surface area contributed by atoms with E-state index in [0.717, 1.165) is 6.42 Å². The van der Waals surface area contributed by atoms with E-state index >= 15 is 0 Å². The van der Waals surface area contributed by atoms with Crippen molar-refractivity contribution in [2.75, 3.05) is 18.8 Å². The van der Waals surface area contributed by atoms with Gasteiger partial charge in [0.25, 0.3) is 0 Å². The normalized spacial score (nSPS) is 17.6. The third-order valence-corrected chi connectivity index (χ3v) is 5.20. The lowest BCUT2D eigenvalue weighted by molar-refractivity contribution is 0.431. The molecule has 18 heavy (non-hydrogen) atoms. The predicted octanol–water partition coefficient (Wildman–Crippen LogP) is 2.26. The van der Waals surface area contributed by atoms with Gasteiger partial charge in [-0.05, 0) is 31.5 Å². The van der Waals surface area contributed by atoms with E-state index in [-0.39, 0.29) is 9.92 Å². The number of anilines is 1. The Morgan fingerprint density at radius 1 is 1.39 bits per heavy atom. The van der Waals surface area contributed by atoms with Crippen LogP contribution >= 0.6 is 11.6 Å². The fourth-order valence-corrected chi connectivity index (χ4v) is 3.44. The van der Waals surface area contributed by atoms with E-state index in [4.69, 9.17) is 17.3 Å². The molecule has 0 aliphatic carbocycles. The maximum Gasteiger partial charge on any atom is 0.243 e. The highest BCUT2D eigenvalue weighted by molar-refractivity contribution is 7.89. The highest BCUT2D eigenvalue weighted by Gasteiger charge is 2.25. The van der Waals surface area contributed by atoms with Crippen molar-refractivity contribution in [1.29, 1.82) is 0 Å². The van der Waals surface area contributed by atoms with Gasteiger partial charge in [0.2, 0.25) is 10.0 Å². The zero-order chi connectivity index (χ0) is 13.3. The molecule has 1 heterocycles. The number of hydrogen-bond acceptors (Lipinski definition) is 3. The van der Waals surface area contributed by atoms with E-state index in [9.17, 15) is 8.42 Å². The van der Waals surface area contributed by atoms with Crippen molar-refractivity contribution in [2.45, 2.75) is 18.2 Å². The lowest BCUT2D eigenvalue weighted by Crippen LogP contribution is -2.34. The van der Waals surface area contributed by atoms with E-state index in [1.54, 1.807) is 0 Å². The first-order chi connectivity index (χ1) is 8.41. The third-order valence-electron chi connectivity index (χ3n) is 3.01. The average Bonchev–Trinajstić information content (AvgIpc) is 2.33. The highest BCUT2D eigenvalue weighted by Crippen LogP contribution is 2.26. The third kappa shape index (κ3) is 2.53. The van der Waals surface area contributed by atoms with Crippen molar-refractivity contribution in [2.24, 2.45) is 0 Å². The Balaban J connectivity index is 2.34. The van der Waals surface area contributed by atoms with E-state index < -0.39 is 10.0 Å². The van der Waals surface area contributed by atoms with Crippen molar-refractivity contribution < 1.29 is 8.42 Å². The molecule has 0 unspecified atom stereocenters. The smallest absolute Gasteiger partial charge is 0.243 e. The minimum absolute atomic E-state index is 0.189. The van der Waals surface area contributed by atoms with Gasteiger partial charge in [-0.3, -0.25) is 0 Å². The highest BCUT2D eigenvalue weighted by atomic mass is 35.5. The van der Waals surface area contributed by atoms with Crippen LogP contribution in [0.15, 0.2) is 34.7 Å². The fourth-order valence-electron chi connectivity index (χ4n) is 1.79. The van der Waals surface area contributed by atoms with Crippen molar-refractivity contribution in [1.82, 2.24) is 4.31 Å². The minimum Gasteiger partial charge on any atom is -0.398 e. The molecule has 0 fully saturated rings. The topological polar surface area (TPSA) is 63.4 Å². The van der Waals surface area contributed by atoms with Crippen molar-refractivity contribution in [3.8, 4) is 0 Å². The summed E-state index contributed by atoms with van der Waals surface area (Å²) >= 11 is 5.86. The van der Waals surface area contributed by atoms with Crippen molar-refractivity contribution >= 4 is 27.3 Å². The fraction of sp³-hybridized carbons (Fsp3) is 0.333. The van der Waals surface area contributed by atoms with Crippen LogP contribution in [0.2, 0.25) is 5.02 Å². The largest absolute Gasteiger partial charge is 0.398 e. The van der Waals surface area contributed by atoms with Crippen LogP contribution in [0, 0.1) is 0 Å². The second-order valence-corrected chi connectivity index (χ2v) is 6.69. The number of benzene rings is 1. The van der Waals surface area contributed by atoms with E-state index in [2.05, 4.69) is 0 Å². The zero-order valence-corrected chi connectivity index (χ0v) is 11.6. The Hall–Kier alpha value is -1.04. The van der Waals surface area contributed by atoms with Crippen LogP contribution in [0.25, 0.3) is 0 Å².